The van der Waals surface area contributed by atoms with Gasteiger partial charge in [-0.1, -0.05) is 12.1 Å². The largest absolute Gasteiger partial charge is 0.488 e. The molecule has 0 aliphatic carbocycles. The Morgan fingerprint density at radius 3 is 2.27 bits per heavy atom. The standard InChI is InChI=1S/C18H30N2O2/c1-18(2,3)22-15-9-7-14(8-10-15)17(21)16(19-4)13-20-11-5-6-12-20/h7-10,16-17,19,21H,5-6,11-13H2,1-4H3. The molecule has 0 radical (unpaired) electrons. The average molecular weight is 306 g/mol. The van der Waals surface area contributed by atoms with Crippen molar-refractivity contribution in [1.29, 1.82) is 0 Å². The van der Waals surface area contributed by atoms with E-state index in [-0.39, 0.29) is 11.6 Å². The van der Waals surface area contributed by atoms with Crippen LogP contribution in [0, 0.1) is 0 Å². The first kappa shape index (κ1) is 17.3. The molecule has 1 heterocycles. The lowest BCUT2D eigenvalue weighted by Crippen LogP contribution is -2.42. The molecule has 2 atom stereocenters. The second-order valence-corrected chi connectivity index (χ2v) is 7.13. The van der Waals surface area contributed by atoms with Gasteiger partial charge in [0.15, 0.2) is 0 Å². The highest BCUT2D eigenvalue weighted by atomic mass is 16.5. The number of aliphatic hydroxyl groups is 1. The van der Waals surface area contributed by atoms with Gasteiger partial charge in [0.25, 0.3) is 0 Å². The van der Waals surface area contributed by atoms with Crippen LogP contribution in [-0.2, 0) is 0 Å². The maximum atomic E-state index is 10.6. The zero-order valence-electron chi connectivity index (χ0n) is 14.3. The van der Waals surface area contributed by atoms with E-state index in [0.29, 0.717) is 0 Å². The molecule has 0 amide bonds. The van der Waals surface area contributed by atoms with Crippen LogP contribution in [0.3, 0.4) is 0 Å². The first-order valence-corrected chi connectivity index (χ1v) is 8.26. The Hall–Kier alpha value is -1.10. The Balaban J connectivity index is 1.99. The summed E-state index contributed by atoms with van der Waals surface area (Å²) in [6.45, 7) is 9.26. The van der Waals surface area contributed by atoms with Crippen molar-refractivity contribution in [3.05, 3.63) is 29.8 Å². The second kappa shape index (κ2) is 7.44. The van der Waals surface area contributed by atoms with Crippen molar-refractivity contribution in [2.75, 3.05) is 26.7 Å². The Bertz CT molecular complexity index is 447. The first-order valence-electron chi connectivity index (χ1n) is 8.26. The third-order valence-electron chi connectivity index (χ3n) is 4.05. The van der Waals surface area contributed by atoms with Gasteiger partial charge in [-0.25, -0.2) is 0 Å². The summed E-state index contributed by atoms with van der Waals surface area (Å²) >= 11 is 0. The van der Waals surface area contributed by atoms with Gasteiger partial charge in [0, 0.05) is 12.6 Å². The van der Waals surface area contributed by atoms with Gasteiger partial charge in [-0.15, -0.1) is 0 Å². The van der Waals surface area contributed by atoms with Gasteiger partial charge in [-0.05, 0) is 71.4 Å². The first-order chi connectivity index (χ1) is 10.4. The SMILES string of the molecule is CNC(CN1CCCC1)C(O)c1ccc(OC(C)(C)C)cc1. The van der Waals surface area contributed by atoms with Crippen LogP contribution in [0.2, 0.25) is 0 Å². The maximum absolute atomic E-state index is 10.6. The van der Waals surface area contributed by atoms with Gasteiger partial charge in [0.2, 0.25) is 0 Å². The van der Waals surface area contributed by atoms with Crippen LogP contribution in [0.5, 0.6) is 5.75 Å². The minimum absolute atomic E-state index is 0.0486. The van der Waals surface area contributed by atoms with Crippen LogP contribution < -0.4 is 10.1 Å². The highest BCUT2D eigenvalue weighted by molar-refractivity contribution is 5.29. The monoisotopic (exact) mass is 306 g/mol. The van der Waals surface area contributed by atoms with Crippen LogP contribution in [0.1, 0.15) is 45.3 Å². The van der Waals surface area contributed by atoms with Gasteiger partial charge < -0.3 is 20.1 Å². The molecular weight excluding hydrogens is 276 g/mol. The van der Waals surface area contributed by atoms with Crippen molar-refractivity contribution in [3.63, 3.8) is 0 Å². The molecule has 0 saturated carbocycles. The molecule has 4 nitrogen and oxygen atoms in total. The molecule has 1 aromatic rings. The number of aliphatic hydroxyl groups excluding tert-OH is 1. The van der Waals surface area contributed by atoms with E-state index in [1.165, 1.54) is 12.8 Å². The highest BCUT2D eigenvalue weighted by Gasteiger charge is 2.23. The number of hydrogen-bond acceptors (Lipinski definition) is 4. The molecule has 1 aliphatic rings. The Kier molecular flexibility index (Phi) is 5.84. The minimum Gasteiger partial charge on any atom is -0.488 e. The predicted molar refractivity (Wildman–Crippen MR) is 90.3 cm³/mol. The van der Waals surface area contributed by atoms with Crippen LogP contribution in [0.15, 0.2) is 24.3 Å². The second-order valence-electron chi connectivity index (χ2n) is 7.13. The van der Waals surface area contributed by atoms with Crippen molar-refractivity contribution in [2.45, 2.75) is 51.4 Å². The minimum atomic E-state index is -0.505. The van der Waals surface area contributed by atoms with E-state index in [1.54, 1.807) is 0 Å². The molecule has 1 aromatic carbocycles. The number of rotatable bonds is 6. The average Bonchev–Trinajstić information content (AvgIpc) is 2.96. The number of benzene rings is 1. The molecule has 1 aliphatic heterocycles. The maximum Gasteiger partial charge on any atom is 0.120 e. The van der Waals surface area contributed by atoms with Gasteiger partial charge in [-0.2, -0.15) is 0 Å². The summed E-state index contributed by atoms with van der Waals surface area (Å²) in [5, 5.41) is 13.9. The summed E-state index contributed by atoms with van der Waals surface area (Å²) in [5.41, 5.74) is 0.725. The smallest absolute Gasteiger partial charge is 0.120 e. The van der Waals surface area contributed by atoms with Crippen LogP contribution in [-0.4, -0.2) is 48.3 Å². The van der Waals surface area contributed by atoms with Crippen molar-refractivity contribution < 1.29 is 9.84 Å². The van der Waals surface area contributed by atoms with Gasteiger partial charge in [0.05, 0.1) is 6.10 Å². The Morgan fingerprint density at radius 1 is 1.18 bits per heavy atom. The normalized spacial score (nSPS) is 19.1. The fourth-order valence-electron chi connectivity index (χ4n) is 2.91. The number of ether oxygens (including phenoxy) is 1. The third kappa shape index (κ3) is 4.97. The Labute approximate surface area is 134 Å². The van der Waals surface area contributed by atoms with Crippen LogP contribution >= 0.6 is 0 Å². The number of likely N-dealkylation sites (tertiary alicyclic amines) is 1. The van der Waals surface area contributed by atoms with Crippen molar-refractivity contribution >= 4 is 0 Å². The van der Waals surface area contributed by atoms with E-state index < -0.39 is 6.10 Å². The number of nitrogens with zero attached hydrogens (tertiary/aromatic N) is 1. The molecule has 1 fully saturated rings. The van der Waals surface area contributed by atoms with E-state index in [0.717, 1.165) is 30.9 Å². The molecule has 1 saturated heterocycles. The summed E-state index contributed by atoms with van der Waals surface area (Å²) in [6.07, 6.45) is 2.03. The van der Waals surface area contributed by atoms with Gasteiger partial charge >= 0.3 is 0 Å². The third-order valence-corrected chi connectivity index (χ3v) is 4.05. The summed E-state index contributed by atoms with van der Waals surface area (Å²) in [5.74, 6) is 0.837. The van der Waals surface area contributed by atoms with Gasteiger partial charge in [-0.3, -0.25) is 0 Å². The van der Waals surface area contributed by atoms with Crippen LogP contribution in [0.4, 0.5) is 0 Å². The fraction of sp³-hybridized carbons (Fsp3) is 0.667. The van der Waals surface area contributed by atoms with E-state index in [2.05, 4.69) is 10.2 Å². The molecule has 0 bridgehead atoms. The summed E-state index contributed by atoms with van der Waals surface area (Å²) in [6, 6.07) is 7.84. The van der Waals surface area contributed by atoms with E-state index in [9.17, 15) is 5.11 Å². The highest BCUT2D eigenvalue weighted by Crippen LogP contribution is 2.24. The fourth-order valence-corrected chi connectivity index (χ4v) is 2.91. The number of hydrogen-bond donors (Lipinski definition) is 2. The van der Waals surface area contributed by atoms with Gasteiger partial charge in [0.1, 0.15) is 11.4 Å². The van der Waals surface area contributed by atoms with E-state index in [1.807, 2.05) is 52.1 Å². The molecule has 124 valence electrons. The summed E-state index contributed by atoms with van der Waals surface area (Å²) < 4.78 is 5.83. The lowest BCUT2D eigenvalue weighted by molar-refractivity contribution is 0.110. The van der Waals surface area contributed by atoms with Crippen molar-refractivity contribution in [1.82, 2.24) is 10.2 Å². The molecular formula is C18H30N2O2. The number of nitrogens with one attached hydrogen (secondary N) is 1. The zero-order chi connectivity index (χ0) is 16.2. The molecule has 4 heteroatoms. The molecule has 0 spiro atoms. The lowest BCUT2D eigenvalue weighted by atomic mass is 10.0. The molecule has 2 N–H and O–H groups in total. The molecule has 22 heavy (non-hydrogen) atoms. The van der Waals surface area contributed by atoms with Crippen molar-refractivity contribution in [3.8, 4) is 5.75 Å². The zero-order valence-corrected chi connectivity index (χ0v) is 14.3. The molecule has 0 aromatic heterocycles. The number of likely N-dealkylation sites (N-methyl/N-ethyl adjacent to an activating group) is 1. The molecule has 2 rings (SSSR count). The quantitative estimate of drug-likeness (QED) is 0.848. The summed E-state index contributed by atoms with van der Waals surface area (Å²) in [7, 11) is 1.92. The van der Waals surface area contributed by atoms with Crippen LogP contribution in [0.25, 0.3) is 0 Å². The Morgan fingerprint density at radius 2 is 1.77 bits per heavy atom. The predicted octanol–water partition coefficient (Wildman–Crippen LogP) is 2.58. The summed E-state index contributed by atoms with van der Waals surface area (Å²) in [4.78, 5) is 2.42. The van der Waals surface area contributed by atoms with E-state index >= 15 is 0 Å². The molecule has 2 unspecified atom stereocenters. The topological polar surface area (TPSA) is 44.7 Å². The van der Waals surface area contributed by atoms with E-state index in [4.69, 9.17) is 4.74 Å². The lowest BCUT2D eigenvalue weighted by Gasteiger charge is -2.28. The van der Waals surface area contributed by atoms with Crippen molar-refractivity contribution in [2.24, 2.45) is 0 Å².